The highest BCUT2D eigenvalue weighted by Gasteiger charge is 2.28. The predicted octanol–water partition coefficient (Wildman–Crippen LogP) is 4.26. The minimum Gasteiger partial charge on any atom is -0.296 e. The fourth-order valence-corrected chi connectivity index (χ4v) is 4.93. The van der Waals surface area contributed by atoms with Gasteiger partial charge < -0.3 is 0 Å². The van der Waals surface area contributed by atoms with Crippen molar-refractivity contribution >= 4 is 49.2 Å². The van der Waals surface area contributed by atoms with Crippen LogP contribution in [0.1, 0.15) is 5.56 Å². The molecule has 25 heavy (non-hydrogen) atoms. The molecule has 0 aromatic heterocycles. The first-order valence-corrected chi connectivity index (χ1v) is 10.8. The Bertz CT molecular complexity index is 851. The minimum atomic E-state index is -3.45. The Kier molecular flexibility index (Phi) is 6.08. The summed E-state index contributed by atoms with van der Waals surface area (Å²) >= 11 is 15.5. The molecule has 4 nitrogen and oxygen atoms in total. The molecule has 1 saturated heterocycles. The summed E-state index contributed by atoms with van der Waals surface area (Å²) in [6.45, 7) is 2.93. The van der Waals surface area contributed by atoms with Crippen LogP contribution in [-0.2, 0) is 16.6 Å². The lowest BCUT2D eigenvalue weighted by atomic mass is 10.2. The lowest BCUT2D eigenvalue weighted by Crippen LogP contribution is -2.48. The molecular weight excluding hydrogens is 447 g/mol. The summed E-state index contributed by atoms with van der Waals surface area (Å²) in [5, 5.41) is 1.25. The number of hydrogen-bond acceptors (Lipinski definition) is 3. The molecule has 0 bridgehead atoms. The molecule has 1 fully saturated rings. The van der Waals surface area contributed by atoms with Gasteiger partial charge in [-0.1, -0.05) is 45.2 Å². The molecule has 0 aliphatic carbocycles. The van der Waals surface area contributed by atoms with E-state index in [1.54, 1.807) is 30.3 Å². The number of sulfonamides is 1. The van der Waals surface area contributed by atoms with Crippen LogP contribution in [0.15, 0.2) is 51.8 Å². The SMILES string of the molecule is O=S(=O)(c1ccc(Br)cc1)N1CCN(Cc2ccc(Cl)cc2Cl)CC1. The summed E-state index contributed by atoms with van der Waals surface area (Å²) in [6, 6.07) is 12.2. The zero-order valence-electron chi connectivity index (χ0n) is 13.3. The molecule has 0 N–H and O–H groups in total. The highest BCUT2D eigenvalue weighted by atomic mass is 79.9. The second kappa shape index (κ2) is 7.94. The highest BCUT2D eigenvalue weighted by molar-refractivity contribution is 9.10. The van der Waals surface area contributed by atoms with Crippen molar-refractivity contribution in [2.75, 3.05) is 26.2 Å². The predicted molar refractivity (Wildman–Crippen MR) is 105 cm³/mol. The van der Waals surface area contributed by atoms with Gasteiger partial charge in [0.15, 0.2) is 0 Å². The fourth-order valence-electron chi connectivity index (χ4n) is 2.77. The Morgan fingerprint density at radius 1 is 0.960 bits per heavy atom. The standard InChI is InChI=1S/C17H17BrCl2N2O2S/c18-14-2-5-16(6-3-14)25(23,24)22-9-7-21(8-10-22)12-13-1-4-15(19)11-17(13)20/h1-6,11H,7-10,12H2. The van der Waals surface area contributed by atoms with E-state index in [1.807, 2.05) is 12.1 Å². The topological polar surface area (TPSA) is 40.6 Å². The molecule has 1 aliphatic rings. The third-order valence-corrected chi connectivity index (χ3v) is 7.22. The molecule has 0 atom stereocenters. The Labute approximate surface area is 166 Å². The molecule has 8 heteroatoms. The van der Waals surface area contributed by atoms with Crippen LogP contribution in [0.5, 0.6) is 0 Å². The van der Waals surface area contributed by atoms with Gasteiger partial charge in [-0.3, -0.25) is 4.90 Å². The Morgan fingerprint density at radius 3 is 2.20 bits per heavy atom. The number of nitrogens with zero attached hydrogens (tertiary/aromatic N) is 2. The molecular formula is C17H17BrCl2N2O2S. The van der Waals surface area contributed by atoms with Crippen LogP contribution in [0, 0.1) is 0 Å². The summed E-state index contributed by atoms with van der Waals surface area (Å²) in [6.07, 6.45) is 0. The van der Waals surface area contributed by atoms with Gasteiger partial charge in [-0.25, -0.2) is 8.42 Å². The van der Waals surface area contributed by atoms with E-state index in [0.29, 0.717) is 47.7 Å². The van der Waals surface area contributed by atoms with Crippen molar-refractivity contribution in [3.8, 4) is 0 Å². The van der Waals surface area contributed by atoms with Gasteiger partial charge in [-0.15, -0.1) is 0 Å². The summed E-state index contributed by atoms with van der Waals surface area (Å²) in [5.41, 5.74) is 0.996. The van der Waals surface area contributed by atoms with Gasteiger partial charge in [0.2, 0.25) is 10.0 Å². The first kappa shape index (κ1) is 19.1. The minimum absolute atomic E-state index is 0.324. The van der Waals surface area contributed by atoms with Crippen LogP contribution >= 0.6 is 39.1 Å². The number of piperazine rings is 1. The maximum Gasteiger partial charge on any atom is 0.243 e. The number of hydrogen-bond donors (Lipinski definition) is 0. The summed E-state index contributed by atoms with van der Waals surface area (Å²) in [4.78, 5) is 2.52. The summed E-state index contributed by atoms with van der Waals surface area (Å²) in [5.74, 6) is 0. The van der Waals surface area contributed by atoms with Crippen LogP contribution in [0.4, 0.5) is 0 Å². The molecule has 2 aromatic carbocycles. The van der Waals surface area contributed by atoms with E-state index in [9.17, 15) is 8.42 Å². The molecule has 3 rings (SSSR count). The van der Waals surface area contributed by atoms with Crippen LogP contribution in [0.2, 0.25) is 10.0 Å². The van der Waals surface area contributed by atoms with Gasteiger partial charge in [0.05, 0.1) is 4.90 Å². The Morgan fingerprint density at radius 2 is 1.60 bits per heavy atom. The van der Waals surface area contributed by atoms with Gasteiger partial charge in [0.1, 0.15) is 0 Å². The monoisotopic (exact) mass is 462 g/mol. The second-order valence-corrected chi connectivity index (χ2v) is 9.57. The first-order chi connectivity index (χ1) is 11.9. The molecule has 1 heterocycles. The Hall–Kier alpha value is -0.630. The molecule has 0 radical (unpaired) electrons. The summed E-state index contributed by atoms with van der Waals surface area (Å²) in [7, 11) is -3.45. The van der Waals surface area contributed by atoms with Crippen LogP contribution in [0.25, 0.3) is 0 Å². The zero-order valence-corrected chi connectivity index (χ0v) is 17.2. The van der Waals surface area contributed by atoms with E-state index in [-0.39, 0.29) is 0 Å². The molecule has 0 unspecified atom stereocenters. The van der Waals surface area contributed by atoms with Crippen molar-refractivity contribution < 1.29 is 8.42 Å². The van der Waals surface area contributed by atoms with E-state index in [2.05, 4.69) is 20.8 Å². The molecule has 2 aromatic rings. The molecule has 0 amide bonds. The third kappa shape index (κ3) is 4.56. The van der Waals surface area contributed by atoms with Crippen molar-refractivity contribution in [3.63, 3.8) is 0 Å². The smallest absolute Gasteiger partial charge is 0.243 e. The third-order valence-electron chi connectivity index (χ3n) is 4.19. The quantitative estimate of drug-likeness (QED) is 0.679. The molecule has 1 aliphatic heterocycles. The van der Waals surface area contributed by atoms with Crippen LogP contribution < -0.4 is 0 Å². The van der Waals surface area contributed by atoms with E-state index >= 15 is 0 Å². The number of benzene rings is 2. The van der Waals surface area contributed by atoms with Crippen molar-refractivity contribution in [1.29, 1.82) is 0 Å². The van der Waals surface area contributed by atoms with Gasteiger partial charge in [0, 0.05) is 47.2 Å². The van der Waals surface area contributed by atoms with Gasteiger partial charge >= 0.3 is 0 Å². The fraction of sp³-hybridized carbons (Fsp3) is 0.294. The first-order valence-electron chi connectivity index (χ1n) is 7.78. The largest absolute Gasteiger partial charge is 0.296 e. The lowest BCUT2D eigenvalue weighted by Gasteiger charge is -2.34. The van der Waals surface area contributed by atoms with Crippen molar-refractivity contribution in [3.05, 3.63) is 62.5 Å². The zero-order chi connectivity index (χ0) is 18.0. The average molecular weight is 464 g/mol. The normalized spacial score (nSPS) is 16.9. The average Bonchev–Trinajstić information content (AvgIpc) is 2.58. The molecule has 0 saturated carbocycles. The lowest BCUT2D eigenvalue weighted by molar-refractivity contribution is 0.181. The number of rotatable bonds is 4. The Balaban J connectivity index is 1.64. The van der Waals surface area contributed by atoms with E-state index in [4.69, 9.17) is 23.2 Å². The van der Waals surface area contributed by atoms with Gasteiger partial charge in [0.25, 0.3) is 0 Å². The van der Waals surface area contributed by atoms with Crippen molar-refractivity contribution in [2.24, 2.45) is 0 Å². The van der Waals surface area contributed by atoms with Crippen molar-refractivity contribution in [2.45, 2.75) is 11.4 Å². The molecule has 134 valence electrons. The highest BCUT2D eigenvalue weighted by Crippen LogP contribution is 2.24. The maximum atomic E-state index is 12.7. The van der Waals surface area contributed by atoms with Crippen molar-refractivity contribution in [1.82, 2.24) is 9.21 Å². The molecule has 0 spiro atoms. The maximum absolute atomic E-state index is 12.7. The number of halogens is 3. The van der Waals surface area contributed by atoms with E-state index < -0.39 is 10.0 Å². The van der Waals surface area contributed by atoms with Crippen LogP contribution in [-0.4, -0.2) is 43.8 Å². The summed E-state index contributed by atoms with van der Waals surface area (Å²) < 4.78 is 27.8. The van der Waals surface area contributed by atoms with Gasteiger partial charge in [-0.05, 0) is 42.0 Å². The van der Waals surface area contributed by atoms with E-state index in [0.717, 1.165) is 10.0 Å². The van der Waals surface area contributed by atoms with Crippen LogP contribution in [0.3, 0.4) is 0 Å². The van der Waals surface area contributed by atoms with E-state index in [1.165, 1.54) is 4.31 Å². The van der Waals surface area contributed by atoms with Gasteiger partial charge in [-0.2, -0.15) is 4.31 Å². The second-order valence-electron chi connectivity index (χ2n) is 5.87.